The van der Waals surface area contributed by atoms with Gasteiger partial charge < -0.3 is 14.9 Å². The number of aliphatic carboxylic acids is 2. The fourth-order valence-electron chi connectivity index (χ4n) is 0.626. The van der Waals surface area contributed by atoms with Crippen molar-refractivity contribution >= 4 is 41.1 Å². The van der Waals surface area contributed by atoms with E-state index >= 15 is 0 Å². The number of carboxylic acids is 2. The van der Waals surface area contributed by atoms with E-state index in [1.54, 1.807) is 13.0 Å². The number of rotatable bonds is 4. The number of esters is 1. The molecule has 0 radical (unpaired) electrons. The Labute approximate surface area is 162 Å². The van der Waals surface area contributed by atoms with Crippen LogP contribution in [0.4, 0.5) is 0 Å². The van der Waals surface area contributed by atoms with Gasteiger partial charge in [-0.1, -0.05) is 49.0 Å². The minimum absolute atomic E-state index is 0.0348. The Hall–Kier alpha value is -2.82. The minimum Gasteiger partial charge on any atom is -0.478 e. The lowest BCUT2D eigenvalue weighted by atomic mass is 10.2. The predicted octanol–water partition coefficient (Wildman–Crippen LogP) is 4.02. The quantitative estimate of drug-likeness (QED) is 0.313. The van der Waals surface area contributed by atoms with Crippen LogP contribution in [0, 0.1) is 11.3 Å². The zero-order chi connectivity index (χ0) is 21.7. The molecule has 0 bridgehead atoms. The molecule has 0 aliphatic heterocycles. The highest BCUT2D eigenvalue weighted by atomic mass is 35.5. The summed E-state index contributed by atoms with van der Waals surface area (Å²) in [4.78, 5) is 30.4. The Morgan fingerprint density at radius 1 is 1.15 bits per heavy atom. The lowest BCUT2D eigenvalue weighted by molar-refractivity contribution is -0.136. The van der Waals surface area contributed by atoms with Gasteiger partial charge in [-0.25, -0.2) is 14.4 Å². The van der Waals surface area contributed by atoms with Gasteiger partial charge in [-0.15, -0.1) is 0 Å². The third-order valence-corrected chi connectivity index (χ3v) is 1.59. The van der Waals surface area contributed by atoms with E-state index in [0.717, 1.165) is 12.2 Å². The molecule has 0 atom stereocenters. The van der Waals surface area contributed by atoms with E-state index in [4.69, 9.17) is 38.7 Å². The van der Waals surface area contributed by atoms with E-state index in [9.17, 15) is 14.4 Å². The number of nitrogens with zero attached hydrogens (tertiary/aromatic N) is 1. The van der Waals surface area contributed by atoms with E-state index < -0.39 is 11.9 Å². The second-order valence-electron chi connectivity index (χ2n) is 3.66. The summed E-state index contributed by atoms with van der Waals surface area (Å²) >= 11 is 9.69. The molecule has 0 aromatic rings. The Bertz CT molecular complexity index is 597. The molecule has 0 aliphatic rings. The van der Waals surface area contributed by atoms with Crippen LogP contribution in [-0.4, -0.2) is 35.2 Å². The van der Waals surface area contributed by atoms with Gasteiger partial charge >= 0.3 is 17.9 Å². The average molecular weight is 406 g/mol. The minimum atomic E-state index is -1.16. The second-order valence-corrected chi connectivity index (χ2v) is 4.77. The number of halogens is 2. The first-order valence-corrected chi connectivity index (χ1v) is 7.21. The lowest BCUT2D eigenvalue weighted by Crippen LogP contribution is -1.98. The van der Waals surface area contributed by atoms with Crippen LogP contribution in [-0.2, 0) is 19.1 Å². The van der Waals surface area contributed by atoms with E-state index in [2.05, 4.69) is 24.5 Å². The summed E-state index contributed by atoms with van der Waals surface area (Å²) in [6.07, 6.45) is 4.32. The van der Waals surface area contributed by atoms with Gasteiger partial charge in [0.2, 0.25) is 0 Å². The smallest absolute Gasteiger partial charge is 0.335 e. The molecule has 0 aliphatic carbocycles. The average Bonchev–Trinajstić information content (AvgIpc) is 2.54. The van der Waals surface area contributed by atoms with Crippen LogP contribution < -0.4 is 0 Å². The van der Waals surface area contributed by atoms with E-state index in [1.807, 2.05) is 0 Å². The first kappa shape index (κ1) is 31.0. The van der Waals surface area contributed by atoms with E-state index in [0.29, 0.717) is 5.57 Å². The second kappa shape index (κ2) is 22.2. The molecule has 0 saturated carbocycles. The molecular formula is C17H21Cl2NO6. The summed E-state index contributed by atoms with van der Waals surface area (Å²) in [6, 6.07) is 1.69. The van der Waals surface area contributed by atoms with Gasteiger partial charge in [0.05, 0.1) is 23.2 Å². The number of allylic oxidation sites excluding steroid dienone is 2. The Morgan fingerprint density at radius 2 is 1.54 bits per heavy atom. The topological polar surface area (TPSA) is 125 Å². The van der Waals surface area contributed by atoms with Gasteiger partial charge in [0.1, 0.15) is 0 Å². The van der Waals surface area contributed by atoms with Crippen LogP contribution in [0.2, 0.25) is 0 Å². The van der Waals surface area contributed by atoms with Crippen LogP contribution in [0.15, 0.2) is 59.7 Å². The number of nitriles is 1. The standard InChI is InChI=1S/C7H8O4.C5H8O2.C3H3N.C2H2Cl2/c1-2-5(7(10)11)3-4-6(8)9;1-4(2)5(6)7-3;1-2-3-4;1-2(3)4/h2-4H,1H3,(H,8,9)(H,10,11);1H2,2-3H3;2H,1H2;1H2. The number of hydrogen-bond acceptors (Lipinski definition) is 5. The maximum atomic E-state index is 10.2. The van der Waals surface area contributed by atoms with Crippen LogP contribution in [0.1, 0.15) is 13.8 Å². The molecule has 0 heterocycles. The van der Waals surface area contributed by atoms with Gasteiger partial charge in [-0.2, -0.15) is 5.26 Å². The van der Waals surface area contributed by atoms with E-state index in [1.165, 1.54) is 26.2 Å². The SMILES string of the molecule is C=C(C)C(=O)OC.C=C(Cl)Cl.C=CC#N.CC=C(C=CC(=O)O)C(=O)O. The van der Waals surface area contributed by atoms with Crippen molar-refractivity contribution in [3.8, 4) is 6.07 Å². The molecular weight excluding hydrogens is 385 g/mol. The molecule has 0 rings (SSSR count). The summed E-state index contributed by atoms with van der Waals surface area (Å²) in [5.74, 6) is -2.64. The zero-order valence-electron chi connectivity index (χ0n) is 14.7. The third-order valence-electron chi connectivity index (χ3n) is 1.59. The Balaban J connectivity index is -0.000000138. The number of hydrogen-bond donors (Lipinski definition) is 2. The normalized spacial score (nSPS) is 8.69. The largest absolute Gasteiger partial charge is 0.478 e. The molecule has 0 aromatic heterocycles. The molecule has 26 heavy (non-hydrogen) atoms. The molecule has 0 aromatic carbocycles. The lowest BCUT2D eigenvalue weighted by Gasteiger charge is -1.91. The van der Waals surface area contributed by atoms with Gasteiger partial charge in [-0.05, 0) is 19.9 Å². The molecule has 0 amide bonds. The number of methoxy groups -OCH3 is 1. The zero-order valence-corrected chi connectivity index (χ0v) is 16.2. The van der Waals surface area contributed by atoms with Crippen molar-refractivity contribution in [3.63, 3.8) is 0 Å². The van der Waals surface area contributed by atoms with Gasteiger partial charge in [-0.3, -0.25) is 0 Å². The number of ether oxygens (including phenoxy) is 1. The number of carbonyl (C=O) groups excluding carboxylic acids is 1. The van der Waals surface area contributed by atoms with Crippen molar-refractivity contribution in [3.05, 3.63) is 59.7 Å². The molecule has 0 spiro atoms. The summed E-state index contributed by atoms with van der Waals surface area (Å²) in [7, 11) is 1.33. The number of carbonyl (C=O) groups is 3. The maximum absolute atomic E-state index is 10.2. The van der Waals surface area contributed by atoms with Crippen molar-refractivity contribution in [1.82, 2.24) is 0 Å². The highest BCUT2D eigenvalue weighted by Gasteiger charge is 2.00. The molecule has 0 fully saturated rings. The van der Waals surface area contributed by atoms with Crippen LogP contribution in [0.3, 0.4) is 0 Å². The third kappa shape index (κ3) is 37.4. The number of carboxylic acid groups (broad SMARTS) is 2. The summed E-state index contributed by atoms with van der Waals surface area (Å²) in [5.41, 5.74) is 0.398. The molecule has 0 unspecified atom stereocenters. The van der Waals surface area contributed by atoms with Gasteiger partial charge in [0, 0.05) is 17.7 Å². The maximum Gasteiger partial charge on any atom is 0.335 e. The molecule has 2 N–H and O–H groups in total. The van der Waals surface area contributed by atoms with Crippen molar-refractivity contribution < 1.29 is 29.3 Å². The highest BCUT2D eigenvalue weighted by molar-refractivity contribution is 6.55. The Kier molecular flexibility index (Phi) is 26.4. The van der Waals surface area contributed by atoms with Crippen molar-refractivity contribution in [2.45, 2.75) is 13.8 Å². The fourth-order valence-corrected chi connectivity index (χ4v) is 0.626. The molecule has 9 heteroatoms. The fraction of sp³-hybridized carbons (Fsp3) is 0.176. The van der Waals surface area contributed by atoms with Crippen molar-refractivity contribution in [2.75, 3.05) is 7.11 Å². The highest BCUT2D eigenvalue weighted by Crippen LogP contribution is 1.98. The van der Waals surface area contributed by atoms with Gasteiger partial charge in [0.15, 0.2) is 0 Å². The van der Waals surface area contributed by atoms with Crippen molar-refractivity contribution in [2.24, 2.45) is 0 Å². The molecule has 144 valence electrons. The Morgan fingerprint density at radius 3 is 1.65 bits per heavy atom. The monoisotopic (exact) mass is 405 g/mol. The first-order valence-electron chi connectivity index (χ1n) is 6.45. The predicted molar refractivity (Wildman–Crippen MR) is 102 cm³/mol. The molecule has 0 saturated heterocycles. The van der Waals surface area contributed by atoms with Crippen LogP contribution in [0.5, 0.6) is 0 Å². The van der Waals surface area contributed by atoms with Gasteiger partial charge in [0.25, 0.3) is 0 Å². The molecule has 7 nitrogen and oxygen atoms in total. The van der Waals surface area contributed by atoms with Crippen LogP contribution >= 0.6 is 23.2 Å². The van der Waals surface area contributed by atoms with Crippen LogP contribution in [0.25, 0.3) is 0 Å². The first-order chi connectivity index (χ1) is 11.9. The summed E-state index contributed by atoms with van der Waals surface area (Å²) in [6.45, 7) is 12.7. The van der Waals surface area contributed by atoms with E-state index in [-0.39, 0.29) is 16.0 Å². The summed E-state index contributed by atoms with van der Waals surface area (Å²) in [5, 5.41) is 24.0. The van der Waals surface area contributed by atoms with Crippen molar-refractivity contribution in [1.29, 1.82) is 5.26 Å². The summed E-state index contributed by atoms with van der Waals surface area (Å²) < 4.78 is 4.38.